The number of aliphatic hydroxyl groups is 10. The molecule has 5 heterocycles. The van der Waals surface area contributed by atoms with E-state index in [2.05, 4.69) is 0 Å². The van der Waals surface area contributed by atoms with Crippen LogP contribution in [0.4, 0.5) is 0 Å². The van der Waals surface area contributed by atoms with Crippen molar-refractivity contribution in [3.05, 3.63) is 76.8 Å². The fourth-order valence-corrected chi connectivity index (χ4v) is 8.88. The minimum atomic E-state index is -2.00. The molecule has 0 saturated carbocycles. The van der Waals surface area contributed by atoms with Crippen LogP contribution in [0.1, 0.15) is 32.3 Å². The number of esters is 4. The average Bonchev–Trinajstić information content (AvgIpc) is 3.40. The average molecular weight is 1070 g/mol. The molecule has 27 nitrogen and oxygen atoms in total. The predicted molar refractivity (Wildman–Crippen MR) is 243 cm³/mol. The molecule has 0 aliphatic carbocycles. The lowest BCUT2D eigenvalue weighted by Crippen LogP contribution is -2.61. The van der Waals surface area contributed by atoms with Crippen molar-refractivity contribution in [2.45, 2.75) is 138 Å². The molecule has 19 atom stereocenters. The van der Waals surface area contributed by atoms with Crippen molar-refractivity contribution >= 4 is 23.9 Å². The minimum absolute atomic E-state index is 0.00290. The number of ether oxygens (including phenoxy) is 12. The molecule has 5 aliphatic rings. The first-order valence-corrected chi connectivity index (χ1v) is 23.7. The molecule has 1 aromatic rings. The van der Waals surface area contributed by atoms with E-state index >= 15 is 0 Å². The van der Waals surface area contributed by atoms with Crippen molar-refractivity contribution in [1.29, 1.82) is 0 Å². The number of phenols is 1. The second-order valence-electron chi connectivity index (χ2n) is 17.8. The summed E-state index contributed by atoms with van der Waals surface area (Å²) >= 11 is 0. The SMILES string of the molecule is CC=C1C(O[C@@H]2O[C@H](CO)[C@@H](O)[C@H](O)[C@H]2O)OC=C(C(=O)OC)C1CC(=O)O[C@H]1[C@H](OCCc2ccc(O)cc2)O[C@H](COC(=O)CC2C(C(=O)OC)=COC(O[C@@H]3O[C@H](CO)[C@@H](O)[C@H](O)[C@H]3O)/C2=C\C)[C@@H](O)[C@@H]1O. The minimum Gasteiger partial charge on any atom is -0.508 e. The number of aliphatic hydroxyl groups excluding tert-OH is 10. The summed E-state index contributed by atoms with van der Waals surface area (Å²) in [6, 6.07) is 6.08. The van der Waals surface area contributed by atoms with Gasteiger partial charge in [-0.15, -0.1) is 0 Å². The Morgan fingerprint density at radius 3 is 1.49 bits per heavy atom. The third kappa shape index (κ3) is 13.7. The fourth-order valence-electron chi connectivity index (χ4n) is 8.88. The number of carbonyl (C=O) groups is 4. The monoisotopic (exact) mass is 1070 g/mol. The first-order valence-electron chi connectivity index (χ1n) is 23.7. The largest absolute Gasteiger partial charge is 0.508 e. The number of allylic oxidation sites excluding steroid dienone is 2. The van der Waals surface area contributed by atoms with E-state index in [0.717, 1.165) is 26.7 Å². The second-order valence-corrected chi connectivity index (χ2v) is 17.8. The fraction of sp³-hybridized carbons (Fsp3) is 0.625. The van der Waals surface area contributed by atoms with Gasteiger partial charge in [0, 0.05) is 23.0 Å². The molecule has 27 heteroatoms. The zero-order valence-electron chi connectivity index (χ0n) is 41.0. The topological polar surface area (TPSA) is 402 Å². The second kappa shape index (κ2) is 26.7. The zero-order chi connectivity index (χ0) is 54.8. The van der Waals surface area contributed by atoms with Crippen LogP contribution < -0.4 is 0 Å². The van der Waals surface area contributed by atoms with Gasteiger partial charge in [-0.1, -0.05) is 24.3 Å². The van der Waals surface area contributed by atoms with Gasteiger partial charge in [-0.3, -0.25) is 9.59 Å². The van der Waals surface area contributed by atoms with Gasteiger partial charge in [-0.25, -0.2) is 9.59 Å². The highest BCUT2D eigenvalue weighted by Crippen LogP contribution is 2.39. The maximum Gasteiger partial charge on any atom is 0.337 e. The van der Waals surface area contributed by atoms with Crippen molar-refractivity contribution in [3.8, 4) is 5.75 Å². The van der Waals surface area contributed by atoms with Gasteiger partial charge < -0.3 is 113 Å². The van der Waals surface area contributed by atoms with Crippen molar-refractivity contribution in [2.24, 2.45) is 11.8 Å². The molecule has 4 unspecified atom stereocenters. The number of carbonyl (C=O) groups excluding carboxylic acids is 4. The molecule has 0 bridgehead atoms. The summed E-state index contributed by atoms with van der Waals surface area (Å²) < 4.78 is 66.8. The Morgan fingerprint density at radius 1 is 0.587 bits per heavy atom. The molecular formula is C48H64O27. The Bertz CT molecular complexity index is 2230. The van der Waals surface area contributed by atoms with E-state index < -0.39 is 173 Å². The molecule has 3 saturated heterocycles. The summed E-state index contributed by atoms with van der Waals surface area (Å²) in [4.78, 5) is 53.6. The third-order valence-corrected chi connectivity index (χ3v) is 13.1. The Kier molecular flexibility index (Phi) is 21.1. The van der Waals surface area contributed by atoms with Crippen LogP contribution in [-0.2, 0) is 82.4 Å². The maximum atomic E-state index is 14.0. The summed E-state index contributed by atoms with van der Waals surface area (Å²) in [6.45, 7) is 0.552. The number of methoxy groups -OCH3 is 2. The lowest BCUT2D eigenvalue weighted by molar-refractivity contribution is -0.327. The molecule has 1 aromatic carbocycles. The number of phenolic OH excluding ortho intramolecular Hbond substituents is 1. The number of hydrogen-bond donors (Lipinski definition) is 11. The van der Waals surface area contributed by atoms with Gasteiger partial charge in [0.25, 0.3) is 0 Å². The summed E-state index contributed by atoms with van der Waals surface area (Å²) in [5.41, 5.74) is 0.466. The van der Waals surface area contributed by atoms with E-state index in [9.17, 15) is 75.3 Å². The highest BCUT2D eigenvalue weighted by molar-refractivity contribution is 5.91. The summed E-state index contributed by atoms with van der Waals surface area (Å²) in [5.74, 6) is -6.43. The van der Waals surface area contributed by atoms with Crippen LogP contribution in [0.3, 0.4) is 0 Å². The molecule has 0 aromatic heterocycles. The van der Waals surface area contributed by atoms with Crippen LogP contribution >= 0.6 is 0 Å². The first kappa shape index (κ1) is 59.1. The van der Waals surface area contributed by atoms with E-state index in [0.29, 0.717) is 5.56 Å². The van der Waals surface area contributed by atoms with Crippen LogP contribution in [0.25, 0.3) is 0 Å². The molecule has 6 rings (SSSR count). The summed E-state index contributed by atoms with van der Waals surface area (Å²) in [7, 11) is 2.14. The Hall–Kier alpha value is -5.18. The number of benzene rings is 1. The van der Waals surface area contributed by atoms with Gasteiger partial charge in [0.2, 0.25) is 12.6 Å². The van der Waals surface area contributed by atoms with E-state index in [1.807, 2.05) is 0 Å². The molecule has 418 valence electrons. The van der Waals surface area contributed by atoms with E-state index in [1.54, 1.807) is 12.1 Å². The molecule has 11 N–H and O–H groups in total. The molecule has 75 heavy (non-hydrogen) atoms. The molecule has 0 amide bonds. The van der Waals surface area contributed by atoms with Crippen molar-refractivity contribution in [3.63, 3.8) is 0 Å². The predicted octanol–water partition coefficient (Wildman–Crippen LogP) is -3.78. The lowest BCUT2D eigenvalue weighted by atomic mass is 9.86. The smallest absolute Gasteiger partial charge is 0.337 e. The normalized spacial score (nSPS) is 37.1. The maximum absolute atomic E-state index is 14.0. The Morgan fingerprint density at radius 2 is 1.04 bits per heavy atom. The quantitative estimate of drug-likeness (QED) is 0.0360. The number of hydrogen-bond acceptors (Lipinski definition) is 27. The van der Waals surface area contributed by atoms with Gasteiger partial charge in [0.1, 0.15) is 79.5 Å². The van der Waals surface area contributed by atoms with Crippen LogP contribution in [0.15, 0.2) is 71.2 Å². The Balaban J connectivity index is 1.17. The molecular weight excluding hydrogens is 1010 g/mol. The molecule has 0 spiro atoms. The first-order chi connectivity index (χ1) is 35.8. The van der Waals surface area contributed by atoms with Crippen LogP contribution in [0.2, 0.25) is 0 Å². The van der Waals surface area contributed by atoms with Crippen LogP contribution in [-0.4, -0.2) is 225 Å². The summed E-state index contributed by atoms with van der Waals surface area (Å²) in [6.07, 6.45) is -25.2. The molecule has 0 radical (unpaired) electrons. The van der Waals surface area contributed by atoms with Gasteiger partial charge in [0.05, 0.1) is 70.6 Å². The zero-order valence-corrected chi connectivity index (χ0v) is 41.0. The number of aromatic hydroxyl groups is 1. The Labute approximate surface area is 428 Å². The van der Waals surface area contributed by atoms with Gasteiger partial charge in [0.15, 0.2) is 25.0 Å². The van der Waals surface area contributed by atoms with Crippen molar-refractivity contribution in [1.82, 2.24) is 0 Å². The van der Waals surface area contributed by atoms with E-state index in [1.165, 1.54) is 38.1 Å². The highest BCUT2D eigenvalue weighted by Gasteiger charge is 2.51. The third-order valence-electron chi connectivity index (χ3n) is 13.1. The van der Waals surface area contributed by atoms with Crippen molar-refractivity contribution < 1.29 is 132 Å². The van der Waals surface area contributed by atoms with E-state index in [4.69, 9.17) is 56.8 Å². The van der Waals surface area contributed by atoms with Crippen LogP contribution in [0, 0.1) is 11.8 Å². The highest BCUT2D eigenvalue weighted by atomic mass is 16.8. The van der Waals surface area contributed by atoms with E-state index in [-0.39, 0.29) is 41.1 Å². The molecule has 3 fully saturated rings. The summed E-state index contributed by atoms with van der Waals surface area (Å²) in [5, 5.41) is 114. The van der Waals surface area contributed by atoms with Gasteiger partial charge in [-0.05, 0) is 38.0 Å². The van der Waals surface area contributed by atoms with Gasteiger partial charge in [-0.2, -0.15) is 0 Å². The lowest BCUT2D eigenvalue weighted by Gasteiger charge is -2.42. The van der Waals surface area contributed by atoms with Crippen LogP contribution in [0.5, 0.6) is 5.75 Å². The van der Waals surface area contributed by atoms with Crippen molar-refractivity contribution in [2.75, 3.05) is 40.6 Å². The standard InChI is InChI=1S/C48H64O27/c1-5-22-24(26(42(62)64-3)17-68-44(22)74-46-39(60)36(57)33(54)28(15-49)70-46)13-31(52)67-19-30-35(56)38(59)41(48(72-30)66-12-11-20-7-9-21(51)10-8-20)73-32(53)14-25-23(6-2)45(69-18-27(25)43(63)65-4)75-47-40(61)37(58)34(55)29(16-50)71-47/h5-10,17-18,24-25,28-30,33-41,44-51,54-61H,11-16,19H2,1-4H3/b22-5-,23-6?/t24?,25?,28-,29-,30-,33-,34-,35-,36+,37+,38+,39-,40-,41-,44?,45?,46+,47+,48-/m1/s1. The number of rotatable bonds is 19. The van der Waals surface area contributed by atoms with Gasteiger partial charge >= 0.3 is 23.9 Å². The molecule has 5 aliphatic heterocycles.